The Morgan fingerprint density at radius 1 is 1.11 bits per heavy atom. The predicted molar refractivity (Wildman–Crippen MR) is 148 cm³/mol. The Morgan fingerprint density at radius 3 is 2.62 bits per heavy atom. The quantitative estimate of drug-likeness (QED) is 0.341. The van der Waals surface area contributed by atoms with Crippen LogP contribution in [0.5, 0.6) is 11.5 Å². The molecule has 2 amide bonds. The average Bonchev–Trinajstić information content (AvgIpc) is 3.39. The first-order chi connectivity index (χ1) is 17.9. The molecule has 0 saturated heterocycles. The van der Waals surface area contributed by atoms with Gasteiger partial charge in [-0.15, -0.1) is 11.3 Å². The van der Waals surface area contributed by atoms with E-state index in [1.807, 2.05) is 42.2 Å². The molecule has 7 heteroatoms. The number of hydrogen-bond donors (Lipinski definition) is 0. The Bertz CT molecular complexity index is 1200. The maximum absolute atomic E-state index is 13.8. The minimum atomic E-state index is -0.192. The number of nitrogens with zero attached hydrogens (tertiary/aromatic N) is 2. The molecule has 0 saturated carbocycles. The fourth-order valence-electron chi connectivity index (χ4n) is 4.54. The standard InChI is InChI=1S/C30H36N2O4S/c1-21(2)12-15-31(30(34)23-6-5-7-25(18-23)35-4)19-29(33)32-16-13-28-26(14-17-37-28)27(32)20-36-24-10-8-22(3)9-11-24/h5-11,14,17-18,21,27H,12-13,15-16,19-20H2,1-4H3/t27-/m0/s1. The minimum Gasteiger partial charge on any atom is -0.497 e. The van der Waals surface area contributed by atoms with E-state index in [9.17, 15) is 9.59 Å². The van der Waals surface area contributed by atoms with Gasteiger partial charge in [-0.25, -0.2) is 0 Å². The van der Waals surface area contributed by atoms with Crippen LogP contribution in [-0.4, -0.2) is 55.0 Å². The van der Waals surface area contributed by atoms with E-state index in [0.717, 1.165) is 24.2 Å². The molecule has 2 heterocycles. The number of amides is 2. The van der Waals surface area contributed by atoms with Crippen molar-refractivity contribution in [1.29, 1.82) is 0 Å². The molecule has 0 radical (unpaired) electrons. The molecule has 0 N–H and O–H groups in total. The first-order valence-electron chi connectivity index (χ1n) is 12.8. The van der Waals surface area contributed by atoms with Gasteiger partial charge in [-0.2, -0.15) is 0 Å². The van der Waals surface area contributed by atoms with Gasteiger partial charge in [-0.05, 0) is 73.0 Å². The van der Waals surface area contributed by atoms with E-state index in [4.69, 9.17) is 9.47 Å². The van der Waals surface area contributed by atoms with E-state index in [0.29, 0.717) is 36.9 Å². The molecule has 37 heavy (non-hydrogen) atoms. The van der Waals surface area contributed by atoms with Gasteiger partial charge < -0.3 is 19.3 Å². The summed E-state index contributed by atoms with van der Waals surface area (Å²) in [6.07, 6.45) is 1.63. The predicted octanol–water partition coefficient (Wildman–Crippen LogP) is 5.76. The third-order valence-electron chi connectivity index (χ3n) is 6.75. The van der Waals surface area contributed by atoms with Gasteiger partial charge in [0.1, 0.15) is 24.7 Å². The molecule has 3 aromatic rings. The molecular formula is C30H36N2O4S. The molecule has 4 rings (SSSR count). The highest BCUT2D eigenvalue weighted by Gasteiger charge is 2.33. The highest BCUT2D eigenvalue weighted by Crippen LogP contribution is 2.34. The lowest BCUT2D eigenvalue weighted by molar-refractivity contribution is -0.135. The second-order valence-corrected chi connectivity index (χ2v) is 10.9. The highest BCUT2D eigenvalue weighted by molar-refractivity contribution is 7.10. The van der Waals surface area contributed by atoms with Crippen LogP contribution in [0.3, 0.4) is 0 Å². The van der Waals surface area contributed by atoms with E-state index in [1.165, 1.54) is 10.4 Å². The van der Waals surface area contributed by atoms with E-state index in [2.05, 4.69) is 25.3 Å². The largest absolute Gasteiger partial charge is 0.497 e. The van der Waals surface area contributed by atoms with Crippen LogP contribution in [0.4, 0.5) is 0 Å². The Balaban J connectivity index is 1.53. The molecule has 0 spiro atoms. The van der Waals surface area contributed by atoms with Gasteiger partial charge in [0, 0.05) is 23.5 Å². The van der Waals surface area contributed by atoms with Crippen LogP contribution >= 0.6 is 11.3 Å². The van der Waals surface area contributed by atoms with Crippen molar-refractivity contribution in [2.24, 2.45) is 5.92 Å². The molecular weight excluding hydrogens is 484 g/mol. The van der Waals surface area contributed by atoms with E-state index in [-0.39, 0.29) is 24.4 Å². The van der Waals surface area contributed by atoms with Gasteiger partial charge in [-0.3, -0.25) is 9.59 Å². The summed E-state index contributed by atoms with van der Waals surface area (Å²) in [5, 5.41) is 2.08. The van der Waals surface area contributed by atoms with Crippen molar-refractivity contribution in [1.82, 2.24) is 9.80 Å². The van der Waals surface area contributed by atoms with Crippen LogP contribution in [0.2, 0.25) is 0 Å². The van der Waals surface area contributed by atoms with Gasteiger partial charge in [0.05, 0.1) is 13.2 Å². The van der Waals surface area contributed by atoms with Crippen molar-refractivity contribution >= 4 is 23.2 Å². The van der Waals surface area contributed by atoms with E-state index in [1.54, 1.807) is 41.5 Å². The van der Waals surface area contributed by atoms with Gasteiger partial charge >= 0.3 is 0 Å². The monoisotopic (exact) mass is 520 g/mol. The zero-order chi connectivity index (χ0) is 26.4. The summed E-state index contributed by atoms with van der Waals surface area (Å²) >= 11 is 1.73. The lowest BCUT2D eigenvalue weighted by Gasteiger charge is -2.37. The van der Waals surface area contributed by atoms with Crippen molar-refractivity contribution < 1.29 is 19.1 Å². The Morgan fingerprint density at radius 2 is 1.89 bits per heavy atom. The maximum Gasteiger partial charge on any atom is 0.254 e. The van der Waals surface area contributed by atoms with Crippen molar-refractivity contribution in [3.8, 4) is 11.5 Å². The van der Waals surface area contributed by atoms with Crippen molar-refractivity contribution in [2.75, 3.05) is 33.4 Å². The fraction of sp³-hybridized carbons (Fsp3) is 0.400. The van der Waals surface area contributed by atoms with E-state index >= 15 is 0 Å². The summed E-state index contributed by atoms with van der Waals surface area (Å²) < 4.78 is 11.5. The van der Waals surface area contributed by atoms with Crippen LogP contribution in [0, 0.1) is 12.8 Å². The number of aryl methyl sites for hydroxylation is 1. The summed E-state index contributed by atoms with van der Waals surface area (Å²) in [6.45, 7) is 7.81. The molecule has 196 valence electrons. The molecule has 1 aliphatic rings. The summed E-state index contributed by atoms with van der Waals surface area (Å²) in [6, 6.07) is 17.0. The van der Waals surface area contributed by atoms with Crippen LogP contribution < -0.4 is 9.47 Å². The van der Waals surface area contributed by atoms with Gasteiger partial charge in [0.2, 0.25) is 5.91 Å². The summed E-state index contributed by atoms with van der Waals surface area (Å²) in [4.78, 5) is 32.1. The Kier molecular flexibility index (Phi) is 8.87. The molecule has 2 aromatic carbocycles. The molecule has 6 nitrogen and oxygen atoms in total. The lowest BCUT2D eigenvalue weighted by Crippen LogP contribution is -2.48. The molecule has 1 atom stereocenters. The summed E-state index contributed by atoms with van der Waals surface area (Å²) in [5.41, 5.74) is 2.84. The van der Waals surface area contributed by atoms with Crippen molar-refractivity contribution in [3.05, 3.63) is 81.5 Å². The van der Waals surface area contributed by atoms with Crippen LogP contribution in [0.25, 0.3) is 0 Å². The van der Waals surface area contributed by atoms with Gasteiger partial charge in [-0.1, -0.05) is 37.6 Å². The Hall–Kier alpha value is -3.32. The summed E-state index contributed by atoms with van der Waals surface area (Å²) in [5.74, 6) is 1.60. The molecule has 0 bridgehead atoms. The number of hydrogen-bond acceptors (Lipinski definition) is 5. The zero-order valence-electron chi connectivity index (χ0n) is 22.1. The van der Waals surface area contributed by atoms with Crippen molar-refractivity contribution in [3.63, 3.8) is 0 Å². The molecule has 0 aliphatic carbocycles. The number of thiophene rings is 1. The summed E-state index contributed by atoms with van der Waals surface area (Å²) in [7, 11) is 1.58. The number of ether oxygens (including phenoxy) is 2. The number of methoxy groups -OCH3 is 1. The van der Waals surface area contributed by atoms with E-state index < -0.39 is 0 Å². The highest BCUT2D eigenvalue weighted by atomic mass is 32.1. The van der Waals surface area contributed by atoms with Crippen LogP contribution in [0.1, 0.15) is 52.7 Å². The topological polar surface area (TPSA) is 59.1 Å². The maximum atomic E-state index is 13.8. The Labute approximate surface area is 223 Å². The molecule has 1 aliphatic heterocycles. The number of rotatable bonds is 10. The number of benzene rings is 2. The normalized spacial score (nSPS) is 14.8. The van der Waals surface area contributed by atoms with Gasteiger partial charge in [0.25, 0.3) is 5.91 Å². The average molecular weight is 521 g/mol. The molecule has 0 unspecified atom stereocenters. The minimum absolute atomic E-state index is 0.0310. The molecule has 0 fully saturated rings. The first kappa shape index (κ1) is 26.7. The van der Waals surface area contributed by atoms with Crippen molar-refractivity contribution in [2.45, 2.75) is 39.7 Å². The van der Waals surface area contributed by atoms with Crippen LogP contribution in [-0.2, 0) is 11.2 Å². The molecule has 1 aromatic heterocycles. The smallest absolute Gasteiger partial charge is 0.254 e. The SMILES string of the molecule is COc1cccc(C(=O)N(CCC(C)C)CC(=O)N2CCc3sccc3[C@@H]2COc2ccc(C)cc2)c1. The second kappa shape index (κ2) is 12.3. The number of carbonyl (C=O) groups is 2. The second-order valence-electron chi connectivity index (χ2n) is 9.92. The fourth-order valence-corrected chi connectivity index (χ4v) is 5.47. The lowest BCUT2D eigenvalue weighted by atomic mass is 10.00. The first-order valence-corrected chi connectivity index (χ1v) is 13.7. The van der Waals surface area contributed by atoms with Crippen LogP contribution in [0.15, 0.2) is 60.0 Å². The van der Waals surface area contributed by atoms with Gasteiger partial charge in [0.15, 0.2) is 0 Å². The zero-order valence-corrected chi connectivity index (χ0v) is 22.9. The number of carbonyl (C=O) groups excluding carboxylic acids is 2. The number of fused-ring (bicyclic) bond motifs is 1. The third kappa shape index (κ3) is 6.72. The third-order valence-corrected chi connectivity index (χ3v) is 7.75.